The molecule has 0 spiro atoms. The average molecular weight is 355 g/mol. The van der Waals surface area contributed by atoms with Crippen molar-refractivity contribution in [3.63, 3.8) is 0 Å². The normalized spacial score (nSPS) is 13.2. The number of rotatable bonds is 5. The van der Waals surface area contributed by atoms with E-state index < -0.39 is 0 Å². The Morgan fingerprint density at radius 2 is 1.96 bits per heavy atom. The Morgan fingerprint density at radius 1 is 1.24 bits per heavy atom. The summed E-state index contributed by atoms with van der Waals surface area (Å²) in [5, 5.41) is 4.24. The van der Waals surface area contributed by atoms with Crippen molar-refractivity contribution in [1.29, 1.82) is 0 Å². The van der Waals surface area contributed by atoms with Crippen LogP contribution in [0.1, 0.15) is 28.1 Å². The maximum atomic E-state index is 11.4. The molecule has 6 nitrogen and oxygen atoms in total. The highest BCUT2D eigenvalue weighted by Gasteiger charge is 2.24. The van der Waals surface area contributed by atoms with Crippen LogP contribution < -0.4 is 16.8 Å². The molecule has 1 aliphatic rings. The molecule has 7 heteroatoms. The van der Waals surface area contributed by atoms with E-state index in [1.54, 1.807) is 0 Å². The van der Waals surface area contributed by atoms with Gasteiger partial charge in [0.1, 0.15) is 4.83 Å². The highest BCUT2D eigenvalue weighted by Crippen LogP contribution is 2.37. The molecule has 3 aromatic rings. The molecule has 0 amide bonds. The Bertz CT molecular complexity index is 874. The molecule has 0 unspecified atom stereocenters. The Labute approximate surface area is 150 Å². The summed E-state index contributed by atoms with van der Waals surface area (Å²) in [6.45, 7) is 0.298. The fourth-order valence-corrected chi connectivity index (χ4v) is 3.67. The van der Waals surface area contributed by atoms with Crippen LogP contribution in [-0.4, -0.2) is 29.3 Å². The molecule has 1 fully saturated rings. The van der Waals surface area contributed by atoms with Gasteiger partial charge in [-0.15, -0.1) is 11.3 Å². The quantitative estimate of drug-likeness (QED) is 0.608. The molecule has 4 rings (SSSR count). The molecular weight excluding hydrogens is 334 g/mol. The topological polar surface area (TPSA) is 107 Å². The van der Waals surface area contributed by atoms with Gasteiger partial charge < -0.3 is 16.8 Å². The summed E-state index contributed by atoms with van der Waals surface area (Å²) in [4.78, 5) is 22.1. The highest BCUT2D eigenvalue weighted by molar-refractivity contribution is 7.20. The maximum absolute atomic E-state index is 11.4. The van der Waals surface area contributed by atoms with Gasteiger partial charge in [-0.2, -0.15) is 0 Å². The summed E-state index contributed by atoms with van der Waals surface area (Å²) in [6.07, 6.45) is 3.16. The van der Waals surface area contributed by atoms with Gasteiger partial charge in [-0.25, -0.2) is 9.97 Å². The molecule has 0 radical (unpaired) electrons. The minimum absolute atomic E-state index is 0.298. The van der Waals surface area contributed by atoms with Gasteiger partial charge in [0, 0.05) is 23.5 Å². The van der Waals surface area contributed by atoms with Crippen LogP contribution in [0.4, 0.5) is 5.95 Å². The Balaban J connectivity index is 0.000000880. The first kappa shape index (κ1) is 17.5. The third kappa shape index (κ3) is 3.53. The van der Waals surface area contributed by atoms with Crippen LogP contribution >= 0.6 is 11.3 Å². The van der Waals surface area contributed by atoms with Gasteiger partial charge in [0.25, 0.3) is 0 Å². The van der Waals surface area contributed by atoms with Gasteiger partial charge in [-0.1, -0.05) is 30.3 Å². The largest absolute Gasteiger partial charge is 0.351 e. The van der Waals surface area contributed by atoms with Crippen molar-refractivity contribution in [3.8, 4) is 11.3 Å². The number of benzene rings is 1. The summed E-state index contributed by atoms with van der Waals surface area (Å²) >= 11 is 1.38. The first-order valence-electron chi connectivity index (χ1n) is 8.18. The van der Waals surface area contributed by atoms with Crippen LogP contribution in [0.3, 0.4) is 0 Å². The van der Waals surface area contributed by atoms with E-state index in [4.69, 9.17) is 10.7 Å². The number of hydrogen-bond acceptors (Lipinski definition) is 7. The number of nitrogens with one attached hydrogen (secondary N) is 1. The summed E-state index contributed by atoms with van der Waals surface area (Å²) in [5.74, 6) is 0.626. The lowest BCUT2D eigenvalue weighted by Crippen LogP contribution is -2.06. The zero-order valence-corrected chi connectivity index (χ0v) is 14.8. The van der Waals surface area contributed by atoms with Gasteiger partial charge in [0.05, 0.1) is 10.6 Å². The number of carbonyl (C=O) groups excluding carboxylic acids is 1. The van der Waals surface area contributed by atoms with E-state index in [1.165, 1.54) is 18.4 Å². The van der Waals surface area contributed by atoms with Crippen LogP contribution in [0.15, 0.2) is 30.3 Å². The van der Waals surface area contributed by atoms with Crippen LogP contribution in [0.2, 0.25) is 0 Å². The molecule has 25 heavy (non-hydrogen) atoms. The van der Waals surface area contributed by atoms with Crippen molar-refractivity contribution < 1.29 is 4.79 Å². The monoisotopic (exact) mass is 355 g/mol. The Kier molecular flexibility index (Phi) is 5.37. The minimum atomic E-state index is 0.298. The summed E-state index contributed by atoms with van der Waals surface area (Å²) in [7, 11) is 1.50. The third-order valence-electron chi connectivity index (χ3n) is 3.95. The van der Waals surface area contributed by atoms with Crippen LogP contribution in [0.25, 0.3) is 21.5 Å². The number of anilines is 1. The molecule has 5 N–H and O–H groups in total. The zero-order valence-electron chi connectivity index (χ0n) is 14.0. The van der Waals surface area contributed by atoms with E-state index in [2.05, 4.69) is 16.0 Å². The van der Waals surface area contributed by atoms with Gasteiger partial charge in [-0.3, -0.25) is 4.79 Å². The summed E-state index contributed by atoms with van der Waals surface area (Å²) in [5.41, 5.74) is 13.1. The smallest absolute Gasteiger partial charge is 0.224 e. The fraction of sp³-hybridized carbons (Fsp3) is 0.278. The molecule has 1 aliphatic carbocycles. The average Bonchev–Trinajstić information content (AvgIpc) is 3.41. The molecule has 1 saturated carbocycles. The minimum Gasteiger partial charge on any atom is -0.351 e. The predicted molar refractivity (Wildman–Crippen MR) is 103 cm³/mol. The zero-order chi connectivity index (χ0) is 17.8. The lowest BCUT2D eigenvalue weighted by molar-refractivity contribution is 0.112. The summed E-state index contributed by atoms with van der Waals surface area (Å²) < 4.78 is 0. The number of aromatic nitrogens is 2. The second-order valence-corrected chi connectivity index (χ2v) is 6.66. The van der Waals surface area contributed by atoms with Gasteiger partial charge in [-0.05, 0) is 25.5 Å². The SMILES string of the molecule is CN.NCc1c(C=O)sc2nc(NC3CC3)nc(-c3ccccc3)c12. The fourth-order valence-electron chi connectivity index (χ4n) is 2.65. The molecule has 1 aromatic carbocycles. The molecule has 2 aromatic heterocycles. The van der Waals surface area contributed by atoms with Crippen LogP contribution in [0, 0.1) is 0 Å². The summed E-state index contributed by atoms with van der Waals surface area (Å²) in [6, 6.07) is 10.4. The van der Waals surface area contributed by atoms with Crippen LogP contribution in [0.5, 0.6) is 0 Å². The van der Waals surface area contributed by atoms with E-state index in [9.17, 15) is 4.79 Å². The lowest BCUT2D eigenvalue weighted by atomic mass is 10.1. The van der Waals surface area contributed by atoms with E-state index in [0.29, 0.717) is 23.4 Å². The first-order valence-corrected chi connectivity index (χ1v) is 9.00. The van der Waals surface area contributed by atoms with Crippen LogP contribution in [-0.2, 0) is 6.54 Å². The van der Waals surface area contributed by atoms with Crippen molar-refractivity contribution in [2.24, 2.45) is 11.5 Å². The number of carbonyl (C=O) groups is 1. The maximum Gasteiger partial charge on any atom is 0.224 e. The van der Waals surface area contributed by atoms with Crippen molar-refractivity contribution in [3.05, 3.63) is 40.8 Å². The van der Waals surface area contributed by atoms with Crippen molar-refractivity contribution in [1.82, 2.24) is 9.97 Å². The van der Waals surface area contributed by atoms with E-state index >= 15 is 0 Å². The molecular formula is C18H21N5OS. The van der Waals surface area contributed by atoms with Gasteiger partial charge in [0.15, 0.2) is 6.29 Å². The molecule has 130 valence electrons. The molecule has 0 atom stereocenters. The Morgan fingerprint density at radius 3 is 2.56 bits per heavy atom. The van der Waals surface area contributed by atoms with E-state index in [1.807, 2.05) is 30.3 Å². The second-order valence-electron chi connectivity index (χ2n) is 5.63. The van der Waals surface area contributed by atoms with E-state index in [-0.39, 0.29) is 0 Å². The molecule has 0 aliphatic heterocycles. The van der Waals surface area contributed by atoms with Crippen molar-refractivity contribution >= 4 is 33.8 Å². The molecule has 0 bridgehead atoms. The number of aldehydes is 1. The van der Waals surface area contributed by atoms with E-state index in [0.717, 1.165) is 46.2 Å². The second kappa shape index (κ2) is 7.69. The first-order chi connectivity index (χ1) is 12.3. The number of fused-ring (bicyclic) bond motifs is 1. The predicted octanol–water partition coefficient (Wildman–Crippen LogP) is 2.78. The van der Waals surface area contributed by atoms with Crippen molar-refractivity contribution in [2.75, 3.05) is 12.4 Å². The van der Waals surface area contributed by atoms with Gasteiger partial charge >= 0.3 is 0 Å². The number of nitrogens with two attached hydrogens (primary N) is 2. The standard InChI is InChI=1S/C17H16N4OS.CH5N/c18-8-12-13(9-22)23-16-14(12)15(10-4-2-1-3-5-10)20-17(21-16)19-11-6-7-11;1-2/h1-5,9,11H,6-8,18H2,(H,19,20,21);2H2,1H3. The lowest BCUT2D eigenvalue weighted by Gasteiger charge is -2.09. The highest BCUT2D eigenvalue weighted by atomic mass is 32.1. The molecule has 2 heterocycles. The number of thiophene rings is 1. The molecule has 0 saturated heterocycles. The van der Waals surface area contributed by atoms with Crippen molar-refractivity contribution in [2.45, 2.75) is 25.4 Å². The number of hydrogen-bond donors (Lipinski definition) is 3. The van der Waals surface area contributed by atoms with Gasteiger partial charge in [0.2, 0.25) is 5.95 Å². The third-order valence-corrected chi connectivity index (χ3v) is 5.00. The number of nitrogens with zero attached hydrogens (tertiary/aromatic N) is 2. The Hall–Kier alpha value is -2.35.